The highest BCUT2D eigenvalue weighted by Crippen LogP contribution is 2.16. The quantitative estimate of drug-likeness (QED) is 0.612. The molecule has 1 N–H and O–H groups in total. The highest BCUT2D eigenvalue weighted by Gasteiger charge is 2.02. The number of halogens is 1. The van der Waals surface area contributed by atoms with Gasteiger partial charge in [-0.05, 0) is 23.8 Å². The van der Waals surface area contributed by atoms with Crippen molar-refractivity contribution < 1.29 is 9.13 Å². The highest BCUT2D eigenvalue weighted by molar-refractivity contribution is 5.29. The van der Waals surface area contributed by atoms with Gasteiger partial charge in [-0.3, -0.25) is 0 Å². The van der Waals surface area contributed by atoms with Gasteiger partial charge in [0.15, 0.2) is 0 Å². The normalized spacial score (nSPS) is 10.2. The minimum atomic E-state index is -0.240. The summed E-state index contributed by atoms with van der Waals surface area (Å²) in [7, 11) is 0. The van der Waals surface area contributed by atoms with Crippen LogP contribution >= 0.6 is 0 Å². The third-order valence-corrected chi connectivity index (χ3v) is 2.87. The number of rotatable bonds is 7. The molecule has 104 valence electrons. The van der Waals surface area contributed by atoms with Gasteiger partial charge in [0.2, 0.25) is 0 Å². The van der Waals surface area contributed by atoms with Crippen LogP contribution in [-0.4, -0.2) is 6.54 Å². The number of ether oxygens (including phenoxy) is 1. The van der Waals surface area contributed by atoms with Crippen LogP contribution in [0.4, 0.5) is 4.39 Å². The van der Waals surface area contributed by atoms with Crippen LogP contribution in [0.5, 0.6) is 5.75 Å². The number of benzene rings is 2. The Kier molecular flexibility index (Phi) is 5.33. The molecule has 0 spiro atoms. The van der Waals surface area contributed by atoms with Gasteiger partial charge in [-0.1, -0.05) is 36.4 Å². The van der Waals surface area contributed by atoms with Crippen LogP contribution < -0.4 is 10.1 Å². The molecule has 0 aromatic heterocycles. The lowest BCUT2D eigenvalue weighted by atomic mass is 10.2. The SMILES string of the molecule is C=CCNCc1cccc(OCc2ccccc2F)c1. The van der Waals surface area contributed by atoms with E-state index in [1.165, 1.54) is 6.07 Å². The topological polar surface area (TPSA) is 21.3 Å². The van der Waals surface area contributed by atoms with E-state index >= 15 is 0 Å². The van der Waals surface area contributed by atoms with E-state index in [1.807, 2.05) is 30.3 Å². The van der Waals surface area contributed by atoms with Crippen molar-refractivity contribution in [3.8, 4) is 5.75 Å². The van der Waals surface area contributed by atoms with Gasteiger partial charge in [0.1, 0.15) is 18.2 Å². The Morgan fingerprint density at radius 2 is 2.00 bits per heavy atom. The molecular formula is C17H18FNO. The van der Waals surface area contributed by atoms with E-state index in [0.29, 0.717) is 5.56 Å². The monoisotopic (exact) mass is 271 g/mol. The van der Waals surface area contributed by atoms with Crippen molar-refractivity contribution in [1.82, 2.24) is 5.32 Å². The molecule has 0 atom stereocenters. The summed E-state index contributed by atoms with van der Waals surface area (Å²) < 4.78 is 19.1. The van der Waals surface area contributed by atoms with Crippen molar-refractivity contribution in [3.05, 3.63) is 78.1 Å². The van der Waals surface area contributed by atoms with E-state index in [4.69, 9.17) is 4.74 Å². The van der Waals surface area contributed by atoms with Gasteiger partial charge < -0.3 is 10.1 Å². The zero-order valence-electron chi connectivity index (χ0n) is 11.3. The van der Waals surface area contributed by atoms with Crippen molar-refractivity contribution in [2.75, 3.05) is 6.54 Å². The fraction of sp³-hybridized carbons (Fsp3) is 0.176. The maximum absolute atomic E-state index is 13.5. The molecule has 0 bridgehead atoms. The van der Waals surface area contributed by atoms with E-state index in [9.17, 15) is 4.39 Å². The minimum Gasteiger partial charge on any atom is -0.489 e. The summed E-state index contributed by atoms with van der Waals surface area (Å²) in [4.78, 5) is 0. The van der Waals surface area contributed by atoms with Crippen molar-refractivity contribution in [1.29, 1.82) is 0 Å². The molecule has 0 aliphatic heterocycles. The van der Waals surface area contributed by atoms with Crippen LogP contribution in [0.1, 0.15) is 11.1 Å². The Balaban J connectivity index is 1.94. The number of hydrogen-bond acceptors (Lipinski definition) is 2. The maximum atomic E-state index is 13.5. The molecule has 2 aromatic rings. The molecular weight excluding hydrogens is 253 g/mol. The van der Waals surface area contributed by atoms with E-state index < -0.39 is 0 Å². The summed E-state index contributed by atoms with van der Waals surface area (Å²) in [5.41, 5.74) is 1.68. The predicted octanol–water partition coefficient (Wildman–Crippen LogP) is 3.68. The van der Waals surface area contributed by atoms with E-state index in [-0.39, 0.29) is 12.4 Å². The van der Waals surface area contributed by atoms with Crippen LogP contribution in [0.2, 0.25) is 0 Å². The molecule has 0 saturated heterocycles. The fourth-order valence-electron chi connectivity index (χ4n) is 1.84. The van der Waals surface area contributed by atoms with Crippen LogP contribution in [0.15, 0.2) is 61.2 Å². The van der Waals surface area contributed by atoms with Crippen molar-refractivity contribution in [2.24, 2.45) is 0 Å². The summed E-state index contributed by atoms with van der Waals surface area (Å²) >= 11 is 0. The second-order valence-corrected chi connectivity index (χ2v) is 4.45. The summed E-state index contributed by atoms with van der Waals surface area (Å²) in [6.45, 7) is 5.41. The van der Waals surface area contributed by atoms with E-state index in [2.05, 4.69) is 11.9 Å². The lowest BCUT2D eigenvalue weighted by Crippen LogP contribution is -2.12. The van der Waals surface area contributed by atoms with Gasteiger partial charge in [0, 0.05) is 18.7 Å². The third kappa shape index (κ3) is 4.21. The number of nitrogens with one attached hydrogen (secondary N) is 1. The number of hydrogen-bond donors (Lipinski definition) is 1. The van der Waals surface area contributed by atoms with Crippen LogP contribution in [0.25, 0.3) is 0 Å². The third-order valence-electron chi connectivity index (χ3n) is 2.87. The molecule has 0 unspecified atom stereocenters. The van der Waals surface area contributed by atoms with Gasteiger partial charge in [-0.15, -0.1) is 6.58 Å². The lowest BCUT2D eigenvalue weighted by Gasteiger charge is -2.09. The lowest BCUT2D eigenvalue weighted by molar-refractivity contribution is 0.299. The van der Waals surface area contributed by atoms with Gasteiger partial charge in [0.05, 0.1) is 0 Å². The van der Waals surface area contributed by atoms with Crippen LogP contribution in [0.3, 0.4) is 0 Å². The molecule has 0 aliphatic rings. The first-order valence-corrected chi connectivity index (χ1v) is 6.56. The molecule has 0 saturated carbocycles. The average molecular weight is 271 g/mol. The zero-order valence-corrected chi connectivity index (χ0v) is 11.3. The first-order valence-electron chi connectivity index (χ1n) is 6.56. The maximum Gasteiger partial charge on any atom is 0.129 e. The Hall–Kier alpha value is -2.13. The average Bonchev–Trinajstić information content (AvgIpc) is 2.47. The summed E-state index contributed by atoms with van der Waals surface area (Å²) in [6, 6.07) is 14.4. The molecule has 0 amide bonds. The second kappa shape index (κ2) is 7.46. The zero-order chi connectivity index (χ0) is 14.2. The predicted molar refractivity (Wildman–Crippen MR) is 79.1 cm³/mol. The molecule has 20 heavy (non-hydrogen) atoms. The summed E-state index contributed by atoms with van der Waals surface area (Å²) in [5, 5.41) is 3.23. The standard InChI is InChI=1S/C17H18FNO/c1-2-10-19-12-14-6-5-8-16(11-14)20-13-15-7-3-4-9-17(15)18/h2-9,11,19H,1,10,12-13H2. The molecule has 0 fully saturated rings. The highest BCUT2D eigenvalue weighted by atomic mass is 19.1. The molecule has 3 heteroatoms. The van der Waals surface area contributed by atoms with Gasteiger partial charge in [-0.25, -0.2) is 4.39 Å². The molecule has 0 aliphatic carbocycles. The van der Waals surface area contributed by atoms with Gasteiger partial charge >= 0.3 is 0 Å². The Morgan fingerprint density at radius 3 is 2.80 bits per heavy atom. The molecule has 0 heterocycles. The van der Waals surface area contributed by atoms with E-state index in [0.717, 1.165) is 24.4 Å². The molecule has 2 nitrogen and oxygen atoms in total. The largest absolute Gasteiger partial charge is 0.489 e. The second-order valence-electron chi connectivity index (χ2n) is 4.45. The van der Waals surface area contributed by atoms with Crippen molar-refractivity contribution in [2.45, 2.75) is 13.2 Å². The van der Waals surface area contributed by atoms with E-state index in [1.54, 1.807) is 18.2 Å². The minimum absolute atomic E-state index is 0.232. The van der Waals surface area contributed by atoms with Gasteiger partial charge in [-0.2, -0.15) is 0 Å². The molecule has 2 aromatic carbocycles. The first kappa shape index (κ1) is 14.3. The van der Waals surface area contributed by atoms with Gasteiger partial charge in [0.25, 0.3) is 0 Å². The summed E-state index contributed by atoms with van der Waals surface area (Å²) in [6.07, 6.45) is 1.82. The Bertz CT molecular complexity index is 568. The smallest absolute Gasteiger partial charge is 0.129 e. The fourth-order valence-corrected chi connectivity index (χ4v) is 1.84. The van der Waals surface area contributed by atoms with Crippen LogP contribution in [0, 0.1) is 5.82 Å². The Morgan fingerprint density at radius 1 is 1.15 bits per heavy atom. The Labute approximate surface area is 118 Å². The van der Waals surface area contributed by atoms with Crippen LogP contribution in [-0.2, 0) is 13.2 Å². The molecule has 0 radical (unpaired) electrons. The van der Waals surface area contributed by atoms with Crippen molar-refractivity contribution in [3.63, 3.8) is 0 Å². The summed E-state index contributed by atoms with van der Waals surface area (Å²) in [5.74, 6) is 0.502. The molecule has 2 rings (SSSR count). The first-order chi connectivity index (χ1) is 9.79. The van der Waals surface area contributed by atoms with Crippen molar-refractivity contribution >= 4 is 0 Å².